The molecule has 2 rings (SSSR count). The van der Waals surface area contributed by atoms with Crippen LogP contribution >= 0.6 is 0 Å². The van der Waals surface area contributed by atoms with Crippen molar-refractivity contribution in [1.29, 1.82) is 0 Å². The molecule has 0 radical (unpaired) electrons. The lowest BCUT2D eigenvalue weighted by Crippen LogP contribution is -2.23. The highest BCUT2D eigenvalue weighted by Gasteiger charge is 2.12. The SMILES string of the molecule is COc1ccc(OC)c(NC(=O)COC(=O)COc2ccccc2O)c1. The highest BCUT2D eigenvalue weighted by molar-refractivity contribution is 5.94. The summed E-state index contributed by atoms with van der Waals surface area (Å²) >= 11 is 0. The quantitative estimate of drug-likeness (QED) is 0.693. The van der Waals surface area contributed by atoms with E-state index in [-0.39, 0.29) is 11.5 Å². The summed E-state index contributed by atoms with van der Waals surface area (Å²) in [5.74, 6) is -0.269. The van der Waals surface area contributed by atoms with Crippen LogP contribution in [0, 0.1) is 0 Å². The third kappa shape index (κ3) is 5.30. The maximum absolute atomic E-state index is 11.9. The Labute approximate surface area is 150 Å². The average molecular weight is 361 g/mol. The summed E-state index contributed by atoms with van der Waals surface area (Å²) < 4.78 is 20.2. The van der Waals surface area contributed by atoms with Gasteiger partial charge in [0.2, 0.25) is 0 Å². The molecule has 0 saturated heterocycles. The number of anilines is 1. The van der Waals surface area contributed by atoms with Gasteiger partial charge in [0.25, 0.3) is 5.91 Å². The molecule has 8 heteroatoms. The molecular formula is C18H19NO7. The van der Waals surface area contributed by atoms with Gasteiger partial charge in [-0.05, 0) is 24.3 Å². The lowest BCUT2D eigenvalue weighted by atomic mass is 10.2. The molecule has 1 amide bonds. The van der Waals surface area contributed by atoms with Gasteiger partial charge in [-0.15, -0.1) is 0 Å². The van der Waals surface area contributed by atoms with Crippen molar-refractivity contribution in [3.8, 4) is 23.0 Å². The van der Waals surface area contributed by atoms with Crippen LogP contribution in [-0.4, -0.2) is 44.4 Å². The fraction of sp³-hybridized carbons (Fsp3) is 0.222. The third-order valence-electron chi connectivity index (χ3n) is 3.26. The Morgan fingerprint density at radius 3 is 2.46 bits per heavy atom. The van der Waals surface area contributed by atoms with Crippen LogP contribution in [0.2, 0.25) is 0 Å². The van der Waals surface area contributed by atoms with Crippen molar-refractivity contribution < 1.29 is 33.6 Å². The molecule has 0 aromatic heterocycles. The third-order valence-corrected chi connectivity index (χ3v) is 3.26. The summed E-state index contributed by atoms with van der Waals surface area (Å²) in [5.41, 5.74) is 0.387. The maximum atomic E-state index is 11.9. The number of methoxy groups -OCH3 is 2. The second-order valence-electron chi connectivity index (χ2n) is 5.03. The number of carbonyl (C=O) groups excluding carboxylic acids is 2. The van der Waals surface area contributed by atoms with Crippen LogP contribution in [0.1, 0.15) is 0 Å². The number of carbonyl (C=O) groups is 2. The summed E-state index contributed by atoms with van der Waals surface area (Å²) in [4.78, 5) is 23.6. The molecule has 0 fully saturated rings. The summed E-state index contributed by atoms with van der Waals surface area (Å²) in [7, 11) is 2.97. The molecule has 0 bridgehead atoms. The number of benzene rings is 2. The average Bonchev–Trinajstić information content (AvgIpc) is 2.65. The number of hydrogen-bond donors (Lipinski definition) is 2. The first kappa shape index (κ1) is 18.9. The number of phenolic OH excluding ortho intramolecular Hbond substituents is 1. The van der Waals surface area contributed by atoms with Crippen molar-refractivity contribution in [3.05, 3.63) is 42.5 Å². The van der Waals surface area contributed by atoms with Crippen LogP contribution in [0.4, 0.5) is 5.69 Å². The van der Waals surface area contributed by atoms with Gasteiger partial charge < -0.3 is 29.4 Å². The van der Waals surface area contributed by atoms with E-state index in [9.17, 15) is 14.7 Å². The van der Waals surface area contributed by atoms with Gasteiger partial charge in [-0.25, -0.2) is 4.79 Å². The predicted molar refractivity (Wildman–Crippen MR) is 92.7 cm³/mol. The molecule has 0 spiro atoms. The van der Waals surface area contributed by atoms with Crippen molar-refractivity contribution in [2.24, 2.45) is 0 Å². The second-order valence-corrected chi connectivity index (χ2v) is 5.03. The Morgan fingerprint density at radius 1 is 1.00 bits per heavy atom. The van der Waals surface area contributed by atoms with Crippen molar-refractivity contribution in [2.75, 3.05) is 32.8 Å². The van der Waals surface area contributed by atoms with Crippen LogP contribution in [0.25, 0.3) is 0 Å². The minimum atomic E-state index is -0.749. The van der Waals surface area contributed by atoms with Crippen LogP contribution in [0.5, 0.6) is 23.0 Å². The van der Waals surface area contributed by atoms with E-state index >= 15 is 0 Å². The van der Waals surface area contributed by atoms with E-state index in [4.69, 9.17) is 18.9 Å². The molecule has 8 nitrogen and oxygen atoms in total. The predicted octanol–water partition coefficient (Wildman–Crippen LogP) is 1.97. The molecule has 0 saturated carbocycles. The fourth-order valence-electron chi connectivity index (χ4n) is 2.00. The first-order valence-electron chi connectivity index (χ1n) is 7.61. The standard InChI is InChI=1S/C18H19NO7/c1-23-12-7-8-15(24-2)13(9-12)19-17(21)10-26-18(22)11-25-16-6-4-3-5-14(16)20/h3-9,20H,10-11H2,1-2H3,(H,19,21). The lowest BCUT2D eigenvalue weighted by molar-refractivity contribution is -0.149. The zero-order valence-corrected chi connectivity index (χ0v) is 14.4. The number of phenols is 1. The number of aromatic hydroxyl groups is 1. The molecule has 0 aliphatic rings. The van der Waals surface area contributed by atoms with Crippen LogP contribution < -0.4 is 19.5 Å². The number of amides is 1. The van der Waals surface area contributed by atoms with Gasteiger partial charge in [0.1, 0.15) is 11.5 Å². The molecule has 0 heterocycles. The molecule has 0 aliphatic heterocycles. The number of rotatable bonds is 8. The summed E-state index contributed by atoms with van der Waals surface area (Å²) in [6, 6.07) is 11.1. The normalized spacial score (nSPS) is 9.92. The first-order chi connectivity index (χ1) is 12.5. The largest absolute Gasteiger partial charge is 0.504 e. The Hall–Kier alpha value is -3.42. The van der Waals surface area contributed by atoms with E-state index < -0.39 is 25.1 Å². The summed E-state index contributed by atoms with van der Waals surface area (Å²) in [5, 5.41) is 12.1. The van der Waals surface area contributed by atoms with Gasteiger partial charge in [-0.2, -0.15) is 0 Å². The zero-order valence-electron chi connectivity index (χ0n) is 14.4. The fourth-order valence-corrected chi connectivity index (χ4v) is 2.00. The Kier molecular flexibility index (Phi) is 6.67. The van der Waals surface area contributed by atoms with E-state index in [2.05, 4.69) is 5.32 Å². The molecule has 2 aromatic carbocycles. The smallest absolute Gasteiger partial charge is 0.344 e. The van der Waals surface area contributed by atoms with Crippen molar-refractivity contribution in [2.45, 2.75) is 0 Å². The van der Waals surface area contributed by atoms with Gasteiger partial charge in [0.15, 0.2) is 24.7 Å². The highest BCUT2D eigenvalue weighted by Crippen LogP contribution is 2.28. The molecule has 0 atom stereocenters. The van der Waals surface area contributed by atoms with E-state index in [0.29, 0.717) is 17.2 Å². The minimum absolute atomic E-state index is 0.0943. The summed E-state index contributed by atoms with van der Waals surface area (Å²) in [6.45, 7) is -0.934. The molecule has 2 aromatic rings. The summed E-state index contributed by atoms with van der Waals surface area (Å²) in [6.07, 6.45) is 0. The van der Waals surface area contributed by atoms with Crippen LogP contribution in [-0.2, 0) is 14.3 Å². The van der Waals surface area contributed by atoms with Crippen molar-refractivity contribution >= 4 is 17.6 Å². The molecule has 138 valence electrons. The van der Waals surface area contributed by atoms with Gasteiger partial charge >= 0.3 is 5.97 Å². The van der Waals surface area contributed by atoms with Gasteiger partial charge in [0, 0.05) is 6.07 Å². The number of nitrogens with one attached hydrogen (secondary N) is 1. The molecular weight excluding hydrogens is 342 g/mol. The van der Waals surface area contributed by atoms with Gasteiger partial charge in [-0.1, -0.05) is 12.1 Å². The molecule has 0 unspecified atom stereocenters. The molecule has 2 N–H and O–H groups in total. The Morgan fingerprint density at radius 2 is 1.77 bits per heavy atom. The number of esters is 1. The lowest BCUT2D eigenvalue weighted by Gasteiger charge is -2.12. The molecule has 0 aliphatic carbocycles. The van der Waals surface area contributed by atoms with Crippen molar-refractivity contribution in [3.63, 3.8) is 0 Å². The minimum Gasteiger partial charge on any atom is -0.504 e. The van der Waals surface area contributed by atoms with Crippen LogP contribution in [0.15, 0.2) is 42.5 Å². The monoisotopic (exact) mass is 361 g/mol. The highest BCUT2D eigenvalue weighted by atomic mass is 16.6. The van der Waals surface area contributed by atoms with E-state index in [0.717, 1.165) is 0 Å². The number of hydrogen-bond acceptors (Lipinski definition) is 7. The van der Waals surface area contributed by atoms with E-state index in [1.165, 1.54) is 26.4 Å². The zero-order chi connectivity index (χ0) is 18.9. The van der Waals surface area contributed by atoms with Crippen LogP contribution in [0.3, 0.4) is 0 Å². The Bertz CT molecular complexity index is 776. The Balaban J connectivity index is 1.83. The molecule has 26 heavy (non-hydrogen) atoms. The van der Waals surface area contributed by atoms with Crippen molar-refractivity contribution in [1.82, 2.24) is 0 Å². The topological polar surface area (TPSA) is 103 Å². The van der Waals surface area contributed by atoms with Gasteiger partial charge in [-0.3, -0.25) is 4.79 Å². The number of para-hydroxylation sites is 2. The first-order valence-corrected chi connectivity index (χ1v) is 7.61. The number of ether oxygens (including phenoxy) is 4. The van der Waals surface area contributed by atoms with Gasteiger partial charge in [0.05, 0.1) is 19.9 Å². The maximum Gasteiger partial charge on any atom is 0.344 e. The van der Waals surface area contributed by atoms with E-state index in [1.807, 2.05) is 0 Å². The van der Waals surface area contributed by atoms with E-state index in [1.54, 1.807) is 30.3 Å². The second kappa shape index (κ2) is 9.16.